The lowest BCUT2D eigenvalue weighted by atomic mass is 10.2. The zero-order valence-electron chi connectivity index (χ0n) is 15.0. The quantitative estimate of drug-likeness (QED) is 0.671. The van der Waals surface area contributed by atoms with Gasteiger partial charge in [-0.3, -0.25) is 4.79 Å². The molecule has 7 nitrogen and oxygen atoms in total. The molecule has 1 aromatic heterocycles. The zero-order valence-corrected chi connectivity index (χ0v) is 15.0. The van der Waals surface area contributed by atoms with E-state index in [2.05, 4.69) is 20.6 Å². The highest BCUT2D eigenvalue weighted by atomic mass is 19.2. The maximum atomic E-state index is 13.2. The molecule has 3 rings (SSSR count). The second-order valence-electron chi connectivity index (χ2n) is 5.57. The van der Waals surface area contributed by atoms with Crippen LogP contribution in [0.2, 0.25) is 0 Å². The second-order valence-corrected chi connectivity index (χ2v) is 5.57. The van der Waals surface area contributed by atoms with Crippen molar-refractivity contribution in [2.75, 3.05) is 24.9 Å². The summed E-state index contributed by atoms with van der Waals surface area (Å²) in [5.41, 5.74) is 0.935. The summed E-state index contributed by atoms with van der Waals surface area (Å²) >= 11 is 0. The molecule has 0 saturated carbocycles. The van der Waals surface area contributed by atoms with Crippen LogP contribution in [-0.2, 0) is 0 Å². The number of benzene rings is 2. The van der Waals surface area contributed by atoms with Crippen molar-refractivity contribution in [3.8, 4) is 11.5 Å². The van der Waals surface area contributed by atoms with E-state index in [-0.39, 0.29) is 17.2 Å². The molecule has 0 radical (unpaired) electrons. The predicted octanol–water partition coefficient (Wildman–Crippen LogP) is 3.77. The van der Waals surface area contributed by atoms with Crippen molar-refractivity contribution in [3.05, 3.63) is 66.0 Å². The lowest BCUT2D eigenvalue weighted by Crippen LogP contribution is -2.13. The number of methoxy groups -OCH3 is 2. The van der Waals surface area contributed by atoms with Crippen LogP contribution < -0.4 is 20.1 Å². The molecule has 1 heterocycles. The van der Waals surface area contributed by atoms with Crippen LogP contribution in [0.4, 0.5) is 26.1 Å². The lowest BCUT2D eigenvalue weighted by Gasteiger charge is -2.11. The Morgan fingerprint density at radius 1 is 0.964 bits per heavy atom. The van der Waals surface area contributed by atoms with Gasteiger partial charge >= 0.3 is 0 Å². The maximum Gasteiger partial charge on any atom is 0.258 e. The number of carbonyl (C=O) groups is 1. The highest BCUT2D eigenvalue weighted by Gasteiger charge is 2.12. The van der Waals surface area contributed by atoms with Crippen molar-refractivity contribution in [2.45, 2.75) is 0 Å². The van der Waals surface area contributed by atoms with E-state index in [1.165, 1.54) is 32.7 Å². The zero-order chi connectivity index (χ0) is 20.1. The Kier molecular flexibility index (Phi) is 5.64. The maximum absolute atomic E-state index is 13.2. The topological polar surface area (TPSA) is 85.4 Å². The van der Waals surface area contributed by atoms with Crippen LogP contribution in [0.1, 0.15) is 10.4 Å². The van der Waals surface area contributed by atoms with Gasteiger partial charge in [0.25, 0.3) is 5.91 Å². The standard InChI is InChI=1S/C19H16F2N4O3/c1-27-13-4-6-16(17(8-13)28-2)25-18(26)11-9-22-19(23-10-11)24-12-3-5-14(20)15(21)7-12/h3-10H,1-2H3,(H,25,26)(H,22,23,24). The highest BCUT2D eigenvalue weighted by Crippen LogP contribution is 2.29. The van der Waals surface area contributed by atoms with E-state index < -0.39 is 17.5 Å². The molecule has 0 atom stereocenters. The minimum Gasteiger partial charge on any atom is -0.497 e. The van der Waals surface area contributed by atoms with Crippen molar-refractivity contribution < 1.29 is 23.0 Å². The Labute approximate surface area is 159 Å². The molecule has 0 bridgehead atoms. The van der Waals surface area contributed by atoms with Gasteiger partial charge in [0.15, 0.2) is 11.6 Å². The van der Waals surface area contributed by atoms with Crippen LogP contribution in [0.15, 0.2) is 48.8 Å². The number of nitrogens with zero attached hydrogens (tertiary/aromatic N) is 2. The summed E-state index contributed by atoms with van der Waals surface area (Å²) in [6, 6.07) is 8.29. The largest absolute Gasteiger partial charge is 0.497 e. The summed E-state index contributed by atoms with van der Waals surface area (Å²) in [5.74, 6) is -1.23. The van der Waals surface area contributed by atoms with Crippen LogP contribution >= 0.6 is 0 Å². The molecular weight excluding hydrogens is 370 g/mol. The number of hydrogen-bond donors (Lipinski definition) is 2. The van der Waals surface area contributed by atoms with E-state index in [1.807, 2.05) is 0 Å². The fraction of sp³-hybridized carbons (Fsp3) is 0.105. The van der Waals surface area contributed by atoms with Gasteiger partial charge in [0.05, 0.1) is 25.5 Å². The van der Waals surface area contributed by atoms with Crippen molar-refractivity contribution in [3.63, 3.8) is 0 Å². The van der Waals surface area contributed by atoms with Crippen LogP contribution in [-0.4, -0.2) is 30.1 Å². The van der Waals surface area contributed by atoms with Gasteiger partial charge in [-0.15, -0.1) is 0 Å². The van der Waals surface area contributed by atoms with Crippen molar-refractivity contribution in [1.82, 2.24) is 9.97 Å². The number of amides is 1. The molecule has 0 saturated heterocycles. The van der Waals surface area contributed by atoms with Gasteiger partial charge in [-0.2, -0.15) is 0 Å². The molecule has 3 aromatic rings. The molecule has 28 heavy (non-hydrogen) atoms. The van der Waals surface area contributed by atoms with Gasteiger partial charge in [0.2, 0.25) is 5.95 Å². The van der Waals surface area contributed by atoms with Crippen LogP contribution in [0.3, 0.4) is 0 Å². The Bertz CT molecular complexity index is 997. The smallest absolute Gasteiger partial charge is 0.258 e. The fourth-order valence-electron chi connectivity index (χ4n) is 2.31. The number of nitrogens with one attached hydrogen (secondary N) is 2. The summed E-state index contributed by atoms with van der Waals surface area (Å²) in [6.07, 6.45) is 2.61. The van der Waals surface area contributed by atoms with Crippen molar-refractivity contribution in [2.24, 2.45) is 0 Å². The van der Waals surface area contributed by atoms with Gasteiger partial charge in [0, 0.05) is 30.2 Å². The SMILES string of the molecule is COc1ccc(NC(=O)c2cnc(Nc3ccc(F)c(F)c3)nc2)c(OC)c1. The van der Waals surface area contributed by atoms with Gasteiger partial charge in [0.1, 0.15) is 11.5 Å². The van der Waals surface area contributed by atoms with Crippen LogP contribution in [0.5, 0.6) is 11.5 Å². The first-order chi connectivity index (χ1) is 13.5. The van der Waals surface area contributed by atoms with E-state index in [9.17, 15) is 13.6 Å². The number of rotatable bonds is 6. The Balaban J connectivity index is 1.70. The molecule has 0 unspecified atom stereocenters. The first-order valence-corrected chi connectivity index (χ1v) is 8.07. The fourth-order valence-corrected chi connectivity index (χ4v) is 2.31. The summed E-state index contributed by atoms with van der Waals surface area (Å²) in [6.45, 7) is 0. The number of anilines is 3. The van der Waals surface area contributed by atoms with Crippen LogP contribution in [0.25, 0.3) is 0 Å². The van der Waals surface area contributed by atoms with E-state index in [1.54, 1.807) is 18.2 Å². The van der Waals surface area contributed by atoms with E-state index in [0.29, 0.717) is 17.2 Å². The summed E-state index contributed by atoms with van der Waals surface area (Å²) in [5, 5.41) is 5.42. The first-order valence-electron chi connectivity index (χ1n) is 8.07. The number of ether oxygens (including phenoxy) is 2. The van der Waals surface area contributed by atoms with Gasteiger partial charge < -0.3 is 20.1 Å². The second kappa shape index (κ2) is 8.30. The average Bonchev–Trinajstić information content (AvgIpc) is 2.71. The average molecular weight is 386 g/mol. The molecule has 1 amide bonds. The Morgan fingerprint density at radius 2 is 1.71 bits per heavy atom. The minimum atomic E-state index is -0.991. The molecular formula is C19H16F2N4O3. The highest BCUT2D eigenvalue weighted by molar-refractivity contribution is 6.04. The van der Waals surface area contributed by atoms with Crippen LogP contribution in [0, 0.1) is 11.6 Å². The third kappa shape index (κ3) is 4.32. The van der Waals surface area contributed by atoms with E-state index >= 15 is 0 Å². The predicted molar refractivity (Wildman–Crippen MR) is 99.2 cm³/mol. The minimum absolute atomic E-state index is 0.129. The molecule has 0 spiro atoms. The first kappa shape index (κ1) is 19.0. The lowest BCUT2D eigenvalue weighted by molar-refractivity contribution is 0.102. The molecule has 0 aliphatic heterocycles. The number of halogens is 2. The third-order valence-corrected chi connectivity index (χ3v) is 3.75. The molecule has 0 fully saturated rings. The monoisotopic (exact) mass is 386 g/mol. The van der Waals surface area contributed by atoms with Crippen molar-refractivity contribution >= 4 is 23.2 Å². The molecule has 9 heteroatoms. The molecule has 0 aliphatic rings. The molecule has 2 aromatic carbocycles. The normalized spacial score (nSPS) is 10.3. The van der Waals surface area contributed by atoms with E-state index in [4.69, 9.17) is 9.47 Å². The van der Waals surface area contributed by atoms with Gasteiger partial charge in [-0.1, -0.05) is 0 Å². The van der Waals surface area contributed by atoms with Gasteiger partial charge in [-0.05, 0) is 24.3 Å². The third-order valence-electron chi connectivity index (χ3n) is 3.75. The van der Waals surface area contributed by atoms with Gasteiger partial charge in [-0.25, -0.2) is 18.7 Å². The summed E-state index contributed by atoms with van der Waals surface area (Å²) in [4.78, 5) is 20.4. The molecule has 144 valence electrons. The summed E-state index contributed by atoms with van der Waals surface area (Å²) < 4.78 is 36.5. The Hall–Kier alpha value is -3.75. The number of hydrogen-bond acceptors (Lipinski definition) is 6. The van der Waals surface area contributed by atoms with E-state index in [0.717, 1.165) is 12.1 Å². The number of aromatic nitrogens is 2. The number of carbonyl (C=O) groups excluding carboxylic acids is 1. The molecule has 0 aliphatic carbocycles. The van der Waals surface area contributed by atoms with Crippen molar-refractivity contribution in [1.29, 1.82) is 0 Å². The summed E-state index contributed by atoms with van der Waals surface area (Å²) in [7, 11) is 3.01. The Morgan fingerprint density at radius 3 is 2.36 bits per heavy atom. The molecule has 2 N–H and O–H groups in total.